The number of carbonyl (C=O) groups is 2. The number of halogens is 4. The van der Waals surface area contributed by atoms with Crippen molar-refractivity contribution in [1.82, 2.24) is 5.32 Å². The third-order valence-corrected chi connectivity index (χ3v) is 7.62. The lowest BCUT2D eigenvalue weighted by atomic mass is 10.2. The van der Waals surface area contributed by atoms with E-state index >= 15 is 0 Å². The van der Waals surface area contributed by atoms with Crippen LogP contribution in [0.15, 0.2) is 8.95 Å². The number of rotatable bonds is 0. The van der Waals surface area contributed by atoms with Gasteiger partial charge in [-0.05, 0) is 77.0 Å². The minimum atomic E-state index is -0.768. The molecule has 1 radical (unpaired) electrons. The van der Waals surface area contributed by atoms with Gasteiger partial charge in [-0.25, -0.2) is 5.32 Å². The van der Waals surface area contributed by atoms with Gasteiger partial charge in [-0.1, -0.05) is 0 Å². The molecule has 83 valence electrons. The third kappa shape index (κ3) is 2.01. The molecule has 1 aromatic rings. The van der Waals surface area contributed by atoms with E-state index in [1.807, 2.05) is 0 Å². The van der Waals surface area contributed by atoms with Crippen LogP contribution >= 0.6 is 77.0 Å². The summed E-state index contributed by atoms with van der Waals surface area (Å²) in [6.07, 6.45) is 0. The molecular weight excluding hydrogens is 570 g/mol. The van der Waals surface area contributed by atoms with Gasteiger partial charge >= 0.3 is 11.8 Å². The molecule has 2 rings (SSSR count). The van der Waals surface area contributed by atoms with Crippen LogP contribution in [0.1, 0.15) is 0 Å². The zero-order valence-electron chi connectivity index (χ0n) is 7.28. The van der Waals surface area contributed by atoms with Crippen molar-refractivity contribution in [3.05, 3.63) is 16.1 Å². The Kier molecular flexibility index (Phi) is 3.82. The second-order valence-electron chi connectivity index (χ2n) is 2.85. The van der Waals surface area contributed by atoms with Crippen LogP contribution in [0.3, 0.4) is 0 Å². The molecule has 1 aliphatic heterocycles. The fourth-order valence-electron chi connectivity index (χ4n) is 1.16. The number of amides is 2. The summed E-state index contributed by atoms with van der Waals surface area (Å²) >= 11 is 11.0. The van der Waals surface area contributed by atoms with Crippen LogP contribution < -0.4 is 10.6 Å². The van der Waals surface area contributed by atoms with Gasteiger partial charge in [0.05, 0.1) is 12.8 Å². The summed E-state index contributed by atoms with van der Waals surface area (Å²) in [5, 5.41) is 6.32. The van der Waals surface area contributed by atoms with E-state index in [9.17, 15) is 9.59 Å². The highest BCUT2D eigenvalue weighted by Crippen LogP contribution is 2.44. The highest BCUT2D eigenvalue weighted by Gasteiger charge is 2.30. The molecule has 1 N–H and O–H groups in total. The number of hydrogen-bond donors (Lipinski definition) is 1. The van der Waals surface area contributed by atoms with Crippen molar-refractivity contribution in [2.24, 2.45) is 0 Å². The van der Waals surface area contributed by atoms with Crippen molar-refractivity contribution in [2.45, 2.75) is 0 Å². The first-order valence-corrected chi connectivity index (χ1v) is 7.60. The lowest BCUT2D eigenvalue weighted by Crippen LogP contribution is -2.34. The zero-order chi connectivity index (χ0) is 12.0. The molecule has 0 fully saturated rings. The number of hydrogen-bond acceptors (Lipinski definition) is 2. The van der Waals surface area contributed by atoms with E-state index in [4.69, 9.17) is 0 Å². The lowest BCUT2D eigenvalue weighted by Gasteiger charge is -2.20. The van der Waals surface area contributed by atoms with Gasteiger partial charge in [0.2, 0.25) is 0 Å². The molecule has 1 aromatic carbocycles. The van der Waals surface area contributed by atoms with E-state index in [0.29, 0.717) is 11.4 Å². The molecule has 1 heterocycles. The van der Waals surface area contributed by atoms with Gasteiger partial charge in [0.1, 0.15) is 5.69 Å². The van der Waals surface area contributed by atoms with Crippen LogP contribution in [-0.2, 0) is 9.59 Å². The first-order chi connectivity index (χ1) is 7.43. The Morgan fingerprint density at radius 2 is 1.62 bits per heavy atom. The monoisotopic (exact) mass is 569 g/mol. The maximum absolute atomic E-state index is 11.2. The van der Waals surface area contributed by atoms with Crippen LogP contribution in [-0.4, -0.2) is 11.8 Å². The quantitative estimate of drug-likeness (QED) is 0.226. The van der Waals surface area contributed by atoms with Crippen molar-refractivity contribution >= 4 is 100 Å². The predicted molar refractivity (Wildman–Crippen MR) is 82.7 cm³/mol. The number of benzene rings is 1. The van der Waals surface area contributed by atoms with Gasteiger partial charge in [-0.3, -0.25) is 9.59 Å². The van der Waals surface area contributed by atoms with E-state index in [-0.39, 0.29) is 0 Å². The average molecular weight is 571 g/mol. The SMILES string of the molecule is O=C1[N]c2c(I)c(Br)c(Br)c(I)c2NC1=O. The Morgan fingerprint density at radius 3 is 2.25 bits per heavy atom. The summed E-state index contributed by atoms with van der Waals surface area (Å²) in [6, 6.07) is 0. The Balaban J connectivity index is 2.74. The molecule has 0 unspecified atom stereocenters. The maximum Gasteiger partial charge on any atom is 0.335 e. The number of anilines is 1. The number of nitrogens with zero attached hydrogens (tertiary/aromatic N) is 1. The predicted octanol–water partition coefficient (Wildman–Crippen LogP) is 3.14. The van der Waals surface area contributed by atoms with E-state index in [1.165, 1.54) is 0 Å². The first-order valence-electron chi connectivity index (χ1n) is 3.86. The van der Waals surface area contributed by atoms with Crippen molar-refractivity contribution < 1.29 is 9.59 Å². The molecular formula is C8HBr2I2N2O2. The molecule has 2 amide bonds. The minimum absolute atomic E-state index is 0.504. The van der Waals surface area contributed by atoms with E-state index in [2.05, 4.69) is 87.7 Å². The van der Waals surface area contributed by atoms with Gasteiger partial charge in [0, 0.05) is 8.95 Å². The maximum atomic E-state index is 11.2. The fraction of sp³-hybridized carbons (Fsp3) is 0. The number of carbonyl (C=O) groups excluding carboxylic acids is 2. The van der Waals surface area contributed by atoms with Crippen molar-refractivity contribution in [3.63, 3.8) is 0 Å². The molecule has 0 aromatic heterocycles. The van der Waals surface area contributed by atoms with Gasteiger partial charge in [-0.2, -0.15) is 0 Å². The standard InChI is InChI=1S/C8HBr2I2N2O2/c9-1-2(10)4(12)6-5(3(1)11)13-7(15)8(16)14-6/h(H,13,15). The van der Waals surface area contributed by atoms with Gasteiger partial charge in [-0.15, -0.1) is 0 Å². The topological polar surface area (TPSA) is 60.3 Å². The Labute approximate surface area is 135 Å². The summed E-state index contributed by atoms with van der Waals surface area (Å²) in [5.74, 6) is -1.47. The largest absolute Gasteiger partial charge is 0.335 e. The molecule has 1 aliphatic rings. The molecule has 8 heteroatoms. The fourth-order valence-corrected chi connectivity index (χ4v) is 4.00. The van der Waals surface area contributed by atoms with E-state index < -0.39 is 11.8 Å². The average Bonchev–Trinajstić information content (AvgIpc) is 2.26. The van der Waals surface area contributed by atoms with Crippen LogP contribution in [0.4, 0.5) is 11.4 Å². The highest BCUT2D eigenvalue weighted by atomic mass is 127. The molecule has 4 nitrogen and oxygen atoms in total. The third-order valence-electron chi connectivity index (χ3n) is 1.89. The van der Waals surface area contributed by atoms with Crippen molar-refractivity contribution in [3.8, 4) is 0 Å². The number of nitrogens with one attached hydrogen (secondary N) is 1. The van der Waals surface area contributed by atoms with Crippen LogP contribution in [0, 0.1) is 7.14 Å². The van der Waals surface area contributed by atoms with E-state index in [1.54, 1.807) is 0 Å². The molecule has 0 saturated heterocycles. The van der Waals surface area contributed by atoms with Crippen molar-refractivity contribution in [2.75, 3.05) is 5.32 Å². The number of fused-ring (bicyclic) bond motifs is 1. The Bertz CT molecular complexity index is 487. The Morgan fingerprint density at radius 1 is 1.06 bits per heavy atom. The summed E-state index contributed by atoms with van der Waals surface area (Å²) in [4.78, 5) is 22.4. The van der Waals surface area contributed by atoms with Gasteiger partial charge < -0.3 is 5.32 Å². The molecule has 16 heavy (non-hydrogen) atoms. The summed E-state index contributed by atoms with van der Waals surface area (Å²) in [6.45, 7) is 0. The molecule has 0 atom stereocenters. The highest BCUT2D eigenvalue weighted by molar-refractivity contribution is 14.1. The molecule has 0 spiro atoms. The molecule has 0 bridgehead atoms. The second-order valence-corrected chi connectivity index (χ2v) is 6.59. The Hall–Kier alpha value is 0.580. The summed E-state index contributed by atoms with van der Waals surface area (Å²) < 4.78 is 3.25. The smallest absolute Gasteiger partial charge is 0.315 e. The van der Waals surface area contributed by atoms with Crippen LogP contribution in [0.5, 0.6) is 0 Å². The van der Waals surface area contributed by atoms with Crippen molar-refractivity contribution in [1.29, 1.82) is 0 Å². The van der Waals surface area contributed by atoms with Gasteiger partial charge in [0.25, 0.3) is 0 Å². The van der Waals surface area contributed by atoms with E-state index in [0.717, 1.165) is 16.1 Å². The summed E-state index contributed by atoms with van der Waals surface area (Å²) in [7, 11) is 0. The first kappa shape index (κ1) is 13.0. The van der Waals surface area contributed by atoms with Crippen LogP contribution in [0.2, 0.25) is 0 Å². The summed E-state index contributed by atoms with van der Waals surface area (Å²) in [5.41, 5.74) is 1.08. The molecule has 0 saturated carbocycles. The molecule has 0 aliphatic carbocycles. The second kappa shape index (κ2) is 4.69. The zero-order valence-corrected chi connectivity index (χ0v) is 14.8. The van der Waals surface area contributed by atoms with Crippen LogP contribution in [0.25, 0.3) is 0 Å². The normalized spacial score (nSPS) is 14.2. The minimum Gasteiger partial charge on any atom is -0.315 e. The lowest BCUT2D eigenvalue weighted by molar-refractivity contribution is -0.135. The van der Waals surface area contributed by atoms with Gasteiger partial charge in [0.15, 0.2) is 0 Å².